The minimum absolute atomic E-state index is 0.0157. The van der Waals surface area contributed by atoms with E-state index >= 15 is 0 Å². The number of benzene rings is 1. The van der Waals surface area contributed by atoms with Crippen molar-refractivity contribution in [1.82, 2.24) is 0 Å². The third-order valence-electron chi connectivity index (χ3n) is 3.95. The number of fused-ring (bicyclic) bond motifs is 1. The Morgan fingerprint density at radius 2 is 2.12 bits per heavy atom. The van der Waals surface area contributed by atoms with Gasteiger partial charge in [-0.2, -0.15) is 0 Å². The molecule has 1 aromatic rings. The fourth-order valence-corrected chi connectivity index (χ4v) is 6.01. The number of hydrogen-bond acceptors (Lipinski definition) is 8. The van der Waals surface area contributed by atoms with Gasteiger partial charge >= 0.3 is 5.97 Å². The van der Waals surface area contributed by atoms with E-state index in [1.807, 2.05) is 0 Å². The van der Waals surface area contributed by atoms with Crippen LogP contribution >= 0.6 is 11.8 Å². The van der Waals surface area contributed by atoms with Crippen molar-refractivity contribution in [2.24, 2.45) is 0 Å². The summed E-state index contributed by atoms with van der Waals surface area (Å²) in [6.45, 7) is 1.62. The second-order valence-corrected chi connectivity index (χ2v) is 9.54. The number of esters is 1. The molecular weight excluding hydrogens is 382 g/mol. The SMILES string of the molecule is C[C@@H](OC(=O)CS[C@@H]1CCS(=O)(=O)C1)C(=O)Nc1ccc2c(c1)OCO2. The quantitative estimate of drug-likeness (QED) is 0.709. The molecule has 10 heteroatoms. The molecule has 142 valence electrons. The number of ether oxygens (including phenoxy) is 3. The van der Waals surface area contributed by atoms with E-state index in [9.17, 15) is 18.0 Å². The molecule has 0 aliphatic carbocycles. The predicted molar refractivity (Wildman–Crippen MR) is 96.3 cm³/mol. The van der Waals surface area contributed by atoms with E-state index in [1.54, 1.807) is 18.2 Å². The molecule has 0 spiro atoms. The van der Waals surface area contributed by atoms with Gasteiger partial charge in [-0.05, 0) is 25.5 Å². The van der Waals surface area contributed by atoms with Crippen LogP contribution in [0, 0.1) is 0 Å². The van der Waals surface area contributed by atoms with E-state index in [0.29, 0.717) is 23.6 Å². The molecule has 1 saturated heterocycles. The second-order valence-electron chi connectivity index (χ2n) is 6.03. The minimum Gasteiger partial charge on any atom is -0.454 e. The molecular formula is C16H19NO7S2. The molecule has 1 N–H and O–H groups in total. The monoisotopic (exact) mass is 401 g/mol. The number of amides is 1. The first-order valence-corrected chi connectivity index (χ1v) is 10.9. The number of hydrogen-bond donors (Lipinski definition) is 1. The Hall–Kier alpha value is -1.94. The van der Waals surface area contributed by atoms with Crippen LogP contribution in [0.15, 0.2) is 18.2 Å². The normalized spacial score (nSPS) is 21.2. The van der Waals surface area contributed by atoms with Crippen molar-refractivity contribution >= 4 is 39.2 Å². The van der Waals surface area contributed by atoms with Crippen molar-refractivity contribution in [3.05, 3.63) is 18.2 Å². The third kappa shape index (κ3) is 4.82. The van der Waals surface area contributed by atoms with Crippen molar-refractivity contribution in [2.45, 2.75) is 24.7 Å². The smallest absolute Gasteiger partial charge is 0.316 e. The van der Waals surface area contributed by atoms with E-state index in [4.69, 9.17) is 14.2 Å². The van der Waals surface area contributed by atoms with Crippen molar-refractivity contribution in [2.75, 3.05) is 29.4 Å². The maximum Gasteiger partial charge on any atom is 0.316 e. The molecule has 2 atom stereocenters. The molecule has 3 rings (SSSR count). The van der Waals surface area contributed by atoms with Gasteiger partial charge < -0.3 is 19.5 Å². The lowest BCUT2D eigenvalue weighted by molar-refractivity contribution is -0.150. The summed E-state index contributed by atoms with van der Waals surface area (Å²) in [6, 6.07) is 4.97. The van der Waals surface area contributed by atoms with Crippen LogP contribution in [0.25, 0.3) is 0 Å². The number of carbonyl (C=O) groups is 2. The topological polar surface area (TPSA) is 108 Å². The highest BCUT2D eigenvalue weighted by atomic mass is 32.2. The summed E-state index contributed by atoms with van der Waals surface area (Å²) in [5, 5.41) is 2.55. The summed E-state index contributed by atoms with van der Waals surface area (Å²) < 4.78 is 38.3. The molecule has 2 heterocycles. The zero-order valence-electron chi connectivity index (χ0n) is 14.1. The first kappa shape index (κ1) is 18.8. The van der Waals surface area contributed by atoms with E-state index in [-0.39, 0.29) is 29.3 Å². The average molecular weight is 401 g/mol. The van der Waals surface area contributed by atoms with E-state index in [2.05, 4.69) is 5.32 Å². The molecule has 1 fully saturated rings. The Balaban J connectivity index is 1.44. The Morgan fingerprint density at radius 3 is 2.85 bits per heavy atom. The molecule has 1 amide bonds. The summed E-state index contributed by atoms with van der Waals surface area (Å²) >= 11 is 1.25. The first-order valence-electron chi connectivity index (χ1n) is 8.04. The van der Waals surface area contributed by atoms with Crippen LogP contribution in [0.4, 0.5) is 5.69 Å². The van der Waals surface area contributed by atoms with Gasteiger partial charge in [0.15, 0.2) is 27.4 Å². The summed E-state index contributed by atoms with van der Waals surface area (Å²) in [5.41, 5.74) is 0.507. The number of anilines is 1. The predicted octanol–water partition coefficient (Wildman–Crippen LogP) is 1.21. The van der Waals surface area contributed by atoms with Gasteiger partial charge in [0.25, 0.3) is 5.91 Å². The van der Waals surface area contributed by atoms with Gasteiger partial charge in [0, 0.05) is 17.0 Å². The molecule has 0 aromatic heterocycles. The van der Waals surface area contributed by atoms with Crippen LogP contribution in [0.3, 0.4) is 0 Å². The van der Waals surface area contributed by atoms with Crippen LogP contribution in [0.2, 0.25) is 0 Å². The Bertz CT molecular complexity index is 809. The van der Waals surface area contributed by atoms with Crippen LogP contribution < -0.4 is 14.8 Å². The zero-order valence-corrected chi connectivity index (χ0v) is 15.7. The highest BCUT2D eigenvalue weighted by Crippen LogP contribution is 2.34. The number of thioether (sulfide) groups is 1. The third-order valence-corrected chi connectivity index (χ3v) is 7.20. The molecule has 0 bridgehead atoms. The molecule has 2 aliphatic rings. The van der Waals surface area contributed by atoms with Crippen molar-refractivity contribution in [1.29, 1.82) is 0 Å². The lowest BCUT2D eigenvalue weighted by Crippen LogP contribution is -2.30. The molecule has 1 aromatic carbocycles. The van der Waals surface area contributed by atoms with Crippen LogP contribution in [-0.2, 0) is 24.2 Å². The summed E-state index contributed by atoms with van der Waals surface area (Å²) in [7, 11) is -2.98. The van der Waals surface area contributed by atoms with Gasteiger partial charge in [-0.3, -0.25) is 9.59 Å². The highest BCUT2D eigenvalue weighted by Gasteiger charge is 2.29. The Morgan fingerprint density at radius 1 is 1.35 bits per heavy atom. The number of sulfone groups is 1. The molecule has 26 heavy (non-hydrogen) atoms. The van der Waals surface area contributed by atoms with Gasteiger partial charge in [0.2, 0.25) is 6.79 Å². The van der Waals surface area contributed by atoms with Gasteiger partial charge in [-0.1, -0.05) is 0 Å². The number of rotatable bonds is 6. The molecule has 8 nitrogen and oxygen atoms in total. The largest absolute Gasteiger partial charge is 0.454 e. The minimum atomic E-state index is -2.98. The molecule has 2 aliphatic heterocycles. The standard InChI is InChI=1S/C16H19NO7S2/c1-10(24-15(18)7-25-12-4-5-26(20,21)8-12)16(19)17-11-2-3-13-14(6-11)23-9-22-13/h2-3,6,10,12H,4-5,7-9H2,1H3,(H,17,19)/t10-,12-/m1/s1. The van der Waals surface area contributed by atoms with Crippen molar-refractivity contribution < 1.29 is 32.2 Å². The lowest BCUT2D eigenvalue weighted by Gasteiger charge is -2.14. The second kappa shape index (κ2) is 7.75. The van der Waals surface area contributed by atoms with Crippen molar-refractivity contribution in [3.8, 4) is 11.5 Å². The van der Waals surface area contributed by atoms with Crippen LogP contribution in [0.5, 0.6) is 11.5 Å². The van der Waals surface area contributed by atoms with Gasteiger partial charge in [0.05, 0.1) is 17.3 Å². The molecule has 0 radical (unpaired) electrons. The van der Waals surface area contributed by atoms with Crippen LogP contribution in [-0.4, -0.2) is 55.7 Å². The first-order chi connectivity index (χ1) is 12.3. The average Bonchev–Trinajstić information content (AvgIpc) is 3.18. The van der Waals surface area contributed by atoms with Gasteiger partial charge in [-0.15, -0.1) is 11.8 Å². The fraction of sp³-hybridized carbons (Fsp3) is 0.500. The zero-order chi connectivity index (χ0) is 18.7. The summed E-state index contributed by atoms with van der Waals surface area (Å²) in [6.07, 6.45) is -0.429. The van der Waals surface area contributed by atoms with E-state index in [1.165, 1.54) is 18.7 Å². The van der Waals surface area contributed by atoms with E-state index < -0.39 is 27.8 Å². The number of carbonyl (C=O) groups excluding carboxylic acids is 2. The Labute approximate surface area is 155 Å². The van der Waals surface area contributed by atoms with E-state index in [0.717, 1.165) is 0 Å². The molecule has 0 saturated carbocycles. The fourth-order valence-electron chi connectivity index (χ4n) is 2.58. The molecule has 0 unspecified atom stereocenters. The van der Waals surface area contributed by atoms with Crippen LogP contribution in [0.1, 0.15) is 13.3 Å². The van der Waals surface area contributed by atoms with Gasteiger partial charge in [-0.25, -0.2) is 8.42 Å². The van der Waals surface area contributed by atoms with Crippen molar-refractivity contribution in [3.63, 3.8) is 0 Å². The lowest BCUT2D eigenvalue weighted by atomic mass is 10.2. The summed E-state index contributed by atoms with van der Waals surface area (Å²) in [4.78, 5) is 24.0. The van der Waals surface area contributed by atoms with Gasteiger partial charge in [0.1, 0.15) is 0 Å². The number of nitrogens with one attached hydrogen (secondary N) is 1. The Kier molecular flexibility index (Phi) is 5.61. The maximum atomic E-state index is 12.1. The maximum absolute atomic E-state index is 12.1. The highest BCUT2D eigenvalue weighted by molar-refractivity contribution is 8.02. The summed E-state index contributed by atoms with van der Waals surface area (Å²) in [5.74, 6) is 0.392.